The van der Waals surface area contributed by atoms with Gasteiger partial charge in [0.25, 0.3) is 0 Å². The average Bonchev–Trinajstić information content (AvgIpc) is 2.50. The predicted octanol–water partition coefficient (Wildman–Crippen LogP) is 3.08. The highest BCUT2D eigenvalue weighted by molar-refractivity contribution is 5.92. The van der Waals surface area contributed by atoms with Gasteiger partial charge in [-0.1, -0.05) is 31.1 Å². The lowest BCUT2D eigenvalue weighted by Gasteiger charge is -2.20. The zero-order valence-corrected chi connectivity index (χ0v) is 12.0. The van der Waals surface area contributed by atoms with Gasteiger partial charge in [0.05, 0.1) is 12.2 Å². The van der Waals surface area contributed by atoms with Crippen LogP contribution in [0.5, 0.6) is 0 Å². The molecule has 0 bridgehead atoms. The molecule has 112 valence electrons. The summed E-state index contributed by atoms with van der Waals surface area (Å²) in [5.41, 5.74) is 0.745. The van der Waals surface area contributed by atoms with E-state index in [2.05, 4.69) is 17.2 Å². The highest BCUT2D eigenvalue weighted by Gasteiger charge is 2.21. The van der Waals surface area contributed by atoms with E-state index in [4.69, 9.17) is 5.11 Å². The van der Waals surface area contributed by atoms with E-state index in [1.807, 2.05) is 0 Å². The lowest BCUT2D eigenvalue weighted by atomic mass is 9.88. The molecule has 0 unspecified atom stereocenters. The van der Waals surface area contributed by atoms with Crippen LogP contribution >= 0.6 is 0 Å². The van der Waals surface area contributed by atoms with Crippen molar-refractivity contribution in [1.82, 2.24) is 0 Å². The SMILES string of the molecule is O=C(Nc1ccc(C#CCCO)c(F)c1)C1CCCCC1. The highest BCUT2D eigenvalue weighted by atomic mass is 19.1. The number of aliphatic hydroxyl groups is 1. The van der Waals surface area contributed by atoms with Gasteiger partial charge in [-0.3, -0.25) is 4.79 Å². The molecule has 21 heavy (non-hydrogen) atoms. The van der Waals surface area contributed by atoms with Gasteiger partial charge in [-0.15, -0.1) is 0 Å². The lowest BCUT2D eigenvalue weighted by Crippen LogP contribution is -2.24. The Bertz CT molecular complexity index is 554. The van der Waals surface area contributed by atoms with Gasteiger partial charge in [-0.25, -0.2) is 4.39 Å². The zero-order chi connectivity index (χ0) is 15.1. The zero-order valence-electron chi connectivity index (χ0n) is 12.0. The molecule has 0 heterocycles. The molecule has 0 aliphatic heterocycles. The summed E-state index contributed by atoms with van der Waals surface area (Å²) in [6.07, 6.45) is 5.52. The Morgan fingerprint density at radius 2 is 2.10 bits per heavy atom. The summed E-state index contributed by atoms with van der Waals surface area (Å²) >= 11 is 0. The van der Waals surface area contributed by atoms with Crippen molar-refractivity contribution in [2.75, 3.05) is 11.9 Å². The number of rotatable bonds is 3. The molecule has 0 spiro atoms. The van der Waals surface area contributed by atoms with Crippen molar-refractivity contribution < 1.29 is 14.3 Å². The summed E-state index contributed by atoms with van der Waals surface area (Å²) in [6, 6.07) is 4.51. The van der Waals surface area contributed by atoms with Crippen LogP contribution in [0.1, 0.15) is 44.1 Å². The Hall–Kier alpha value is -1.86. The van der Waals surface area contributed by atoms with E-state index in [0.29, 0.717) is 12.1 Å². The number of hydrogen-bond donors (Lipinski definition) is 2. The van der Waals surface area contributed by atoms with Crippen molar-refractivity contribution in [3.8, 4) is 11.8 Å². The van der Waals surface area contributed by atoms with Gasteiger partial charge in [0.15, 0.2) is 0 Å². The molecule has 1 fully saturated rings. The van der Waals surface area contributed by atoms with Crippen LogP contribution in [0.25, 0.3) is 0 Å². The Morgan fingerprint density at radius 1 is 1.33 bits per heavy atom. The molecule has 0 aromatic heterocycles. The number of halogens is 1. The van der Waals surface area contributed by atoms with E-state index in [1.165, 1.54) is 12.5 Å². The summed E-state index contributed by atoms with van der Waals surface area (Å²) in [7, 11) is 0. The number of carbonyl (C=O) groups excluding carboxylic acids is 1. The Morgan fingerprint density at radius 3 is 2.76 bits per heavy atom. The first-order valence-corrected chi connectivity index (χ1v) is 7.41. The van der Waals surface area contributed by atoms with E-state index in [0.717, 1.165) is 25.7 Å². The molecule has 1 aliphatic rings. The third-order valence-corrected chi connectivity index (χ3v) is 3.67. The van der Waals surface area contributed by atoms with Crippen molar-refractivity contribution in [2.24, 2.45) is 5.92 Å². The first-order valence-electron chi connectivity index (χ1n) is 7.41. The minimum absolute atomic E-state index is 0.0202. The number of hydrogen-bond acceptors (Lipinski definition) is 2. The fourth-order valence-corrected chi connectivity index (χ4v) is 2.52. The van der Waals surface area contributed by atoms with Gasteiger partial charge in [0.2, 0.25) is 5.91 Å². The normalized spacial score (nSPS) is 15.1. The molecular weight excluding hydrogens is 269 g/mol. The topological polar surface area (TPSA) is 49.3 Å². The molecule has 1 saturated carbocycles. The van der Waals surface area contributed by atoms with E-state index >= 15 is 0 Å². The van der Waals surface area contributed by atoms with Crippen LogP contribution in [0.4, 0.5) is 10.1 Å². The summed E-state index contributed by atoms with van der Waals surface area (Å²) in [5.74, 6) is 4.91. The molecule has 1 amide bonds. The van der Waals surface area contributed by atoms with E-state index < -0.39 is 5.82 Å². The number of benzene rings is 1. The van der Waals surface area contributed by atoms with Crippen LogP contribution in [-0.2, 0) is 4.79 Å². The molecule has 3 nitrogen and oxygen atoms in total. The van der Waals surface area contributed by atoms with Crippen molar-refractivity contribution >= 4 is 11.6 Å². The van der Waals surface area contributed by atoms with Crippen molar-refractivity contribution in [3.63, 3.8) is 0 Å². The number of anilines is 1. The summed E-state index contributed by atoms with van der Waals surface area (Å²) in [6.45, 7) is -0.0376. The predicted molar refractivity (Wildman–Crippen MR) is 80.2 cm³/mol. The Balaban J connectivity index is 1.99. The Labute approximate surface area is 124 Å². The first kappa shape index (κ1) is 15.5. The van der Waals surface area contributed by atoms with E-state index in [1.54, 1.807) is 12.1 Å². The van der Waals surface area contributed by atoms with Gasteiger partial charge in [0, 0.05) is 18.0 Å². The van der Waals surface area contributed by atoms with Crippen molar-refractivity contribution in [3.05, 3.63) is 29.6 Å². The second-order valence-electron chi connectivity index (χ2n) is 5.29. The molecule has 1 aliphatic carbocycles. The number of aliphatic hydroxyl groups excluding tert-OH is 1. The number of amides is 1. The van der Waals surface area contributed by atoms with Crippen LogP contribution in [-0.4, -0.2) is 17.6 Å². The summed E-state index contributed by atoms with van der Waals surface area (Å²) in [4.78, 5) is 12.1. The third kappa shape index (κ3) is 4.57. The van der Waals surface area contributed by atoms with Crippen LogP contribution < -0.4 is 5.32 Å². The smallest absolute Gasteiger partial charge is 0.227 e. The molecule has 0 saturated heterocycles. The molecular formula is C17H20FNO2. The van der Waals surface area contributed by atoms with Crippen molar-refractivity contribution in [1.29, 1.82) is 0 Å². The molecule has 4 heteroatoms. The molecule has 0 atom stereocenters. The molecule has 0 radical (unpaired) electrons. The lowest BCUT2D eigenvalue weighted by molar-refractivity contribution is -0.120. The van der Waals surface area contributed by atoms with E-state index in [-0.39, 0.29) is 24.0 Å². The second-order valence-corrected chi connectivity index (χ2v) is 5.29. The van der Waals surface area contributed by atoms with Gasteiger partial charge in [0.1, 0.15) is 5.82 Å². The molecule has 1 aromatic rings. The van der Waals surface area contributed by atoms with Gasteiger partial charge in [-0.2, -0.15) is 0 Å². The fraction of sp³-hybridized carbons (Fsp3) is 0.471. The quantitative estimate of drug-likeness (QED) is 0.840. The largest absolute Gasteiger partial charge is 0.395 e. The molecule has 2 N–H and O–H groups in total. The maximum atomic E-state index is 13.9. The van der Waals surface area contributed by atoms with Crippen LogP contribution in [0, 0.1) is 23.6 Å². The van der Waals surface area contributed by atoms with Gasteiger partial charge >= 0.3 is 0 Å². The van der Waals surface area contributed by atoms with Crippen LogP contribution in [0.3, 0.4) is 0 Å². The maximum absolute atomic E-state index is 13.9. The summed E-state index contributed by atoms with van der Waals surface area (Å²) in [5, 5.41) is 11.4. The van der Waals surface area contributed by atoms with Crippen molar-refractivity contribution in [2.45, 2.75) is 38.5 Å². The highest BCUT2D eigenvalue weighted by Crippen LogP contribution is 2.25. The van der Waals surface area contributed by atoms with E-state index in [9.17, 15) is 9.18 Å². The van der Waals surface area contributed by atoms with Gasteiger partial charge in [-0.05, 0) is 31.0 Å². The number of nitrogens with one attached hydrogen (secondary N) is 1. The fourth-order valence-electron chi connectivity index (χ4n) is 2.52. The second kappa shape index (κ2) is 7.80. The molecule has 1 aromatic carbocycles. The monoisotopic (exact) mass is 289 g/mol. The minimum Gasteiger partial charge on any atom is -0.395 e. The third-order valence-electron chi connectivity index (χ3n) is 3.67. The van der Waals surface area contributed by atoms with Crippen LogP contribution in [0.2, 0.25) is 0 Å². The average molecular weight is 289 g/mol. The minimum atomic E-state index is -0.457. The van der Waals surface area contributed by atoms with Gasteiger partial charge < -0.3 is 10.4 Å². The first-order chi connectivity index (χ1) is 10.2. The van der Waals surface area contributed by atoms with Crippen LogP contribution in [0.15, 0.2) is 18.2 Å². The Kier molecular flexibility index (Phi) is 5.77. The molecule has 2 rings (SSSR count). The maximum Gasteiger partial charge on any atom is 0.227 e. The standard InChI is InChI=1S/C17H20FNO2/c18-16-12-15(10-9-13(16)6-4-5-11-20)19-17(21)14-7-2-1-3-8-14/h9-10,12,14,20H,1-3,5,7-8,11H2,(H,19,21). The number of carbonyl (C=O) groups is 1. The summed E-state index contributed by atoms with van der Waals surface area (Å²) < 4.78 is 13.9.